The third kappa shape index (κ3) is 4.27. The third-order valence-electron chi connectivity index (χ3n) is 4.69. The fourth-order valence-corrected chi connectivity index (χ4v) is 4.32. The molecule has 0 aromatic heterocycles. The number of carbonyl (C=O) groups is 2. The summed E-state index contributed by atoms with van der Waals surface area (Å²) in [6, 6.07) is 4.86. The maximum Gasteiger partial charge on any atom is 0.338 e. The topological polar surface area (TPSA) is 77.4 Å². The van der Waals surface area contributed by atoms with Crippen molar-refractivity contribution in [1.29, 1.82) is 0 Å². The van der Waals surface area contributed by atoms with Crippen LogP contribution < -0.4 is 9.47 Å². The smallest absolute Gasteiger partial charge is 0.338 e. The van der Waals surface area contributed by atoms with Gasteiger partial charge in [-0.25, -0.2) is 9.79 Å². The van der Waals surface area contributed by atoms with Crippen molar-refractivity contribution in [2.45, 2.75) is 33.2 Å². The van der Waals surface area contributed by atoms with Gasteiger partial charge >= 0.3 is 5.97 Å². The SMILES string of the molecule is COC(=O)C1=C(C)N=C2SCCC(=O)N2[C@H]1c1ccc(OCC(C)C)c(OC)c1. The third-order valence-corrected chi connectivity index (χ3v) is 5.64. The van der Waals surface area contributed by atoms with E-state index in [0.717, 1.165) is 5.56 Å². The Morgan fingerprint density at radius 3 is 2.72 bits per heavy atom. The number of esters is 1. The first kappa shape index (κ1) is 21.2. The van der Waals surface area contributed by atoms with Crippen LogP contribution in [0, 0.1) is 5.92 Å². The minimum absolute atomic E-state index is 0.0690. The minimum atomic E-state index is -0.622. The summed E-state index contributed by atoms with van der Waals surface area (Å²) in [5.41, 5.74) is 1.64. The second kappa shape index (κ2) is 8.90. The molecule has 1 fully saturated rings. The van der Waals surface area contributed by atoms with Gasteiger partial charge in [0.25, 0.3) is 0 Å². The van der Waals surface area contributed by atoms with Crippen LogP contribution in [0.2, 0.25) is 0 Å². The second-order valence-electron chi connectivity index (χ2n) is 7.26. The summed E-state index contributed by atoms with van der Waals surface area (Å²) in [7, 11) is 2.90. The summed E-state index contributed by atoms with van der Waals surface area (Å²) >= 11 is 1.51. The second-order valence-corrected chi connectivity index (χ2v) is 8.33. The molecule has 8 heteroatoms. The van der Waals surface area contributed by atoms with Gasteiger partial charge < -0.3 is 14.2 Å². The van der Waals surface area contributed by atoms with E-state index in [1.165, 1.54) is 18.9 Å². The molecule has 1 amide bonds. The molecule has 0 aliphatic carbocycles. The lowest BCUT2D eigenvalue weighted by Gasteiger charge is -2.38. The van der Waals surface area contributed by atoms with Gasteiger partial charge in [0.1, 0.15) is 0 Å². The van der Waals surface area contributed by atoms with Crippen molar-refractivity contribution < 1.29 is 23.8 Å². The van der Waals surface area contributed by atoms with E-state index in [0.29, 0.717) is 52.6 Å². The van der Waals surface area contributed by atoms with E-state index in [9.17, 15) is 9.59 Å². The summed E-state index contributed by atoms with van der Waals surface area (Å²) in [4.78, 5) is 31.5. The summed E-state index contributed by atoms with van der Waals surface area (Å²) in [6.45, 7) is 6.46. The average Bonchev–Trinajstić information content (AvgIpc) is 2.70. The molecular weight excluding hydrogens is 392 g/mol. The highest BCUT2D eigenvalue weighted by molar-refractivity contribution is 8.14. The number of nitrogens with zero attached hydrogens (tertiary/aromatic N) is 2. The molecule has 0 radical (unpaired) electrons. The number of ether oxygens (including phenoxy) is 3. The van der Waals surface area contributed by atoms with Gasteiger partial charge in [0.05, 0.1) is 38.1 Å². The van der Waals surface area contributed by atoms with E-state index in [2.05, 4.69) is 18.8 Å². The Kier molecular flexibility index (Phi) is 6.52. The lowest BCUT2D eigenvalue weighted by atomic mass is 9.94. The van der Waals surface area contributed by atoms with Gasteiger partial charge in [0.2, 0.25) is 5.91 Å². The molecule has 0 saturated carbocycles. The zero-order valence-electron chi connectivity index (χ0n) is 17.4. The molecule has 2 aliphatic heterocycles. The van der Waals surface area contributed by atoms with Crippen LogP contribution in [0.1, 0.15) is 38.8 Å². The molecule has 2 heterocycles. The van der Waals surface area contributed by atoms with Gasteiger partial charge in [-0.1, -0.05) is 31.7 Å². The van der Waals surface area contributed by atoms with Crippen LogP contribution in [0.4, 0.5) is 0 Å². The highest BCUT2D eigenvalue weighted by atomic mass is 32.2. The standard InChI is InChI=1S/C21H26N2O5S/c1-12(2)11-28-15-7-6-14(10-16(15)26-4)19-18(20(25)27-5)13(3)22-21-23(19)17(24)8-9-29-21/h6-7,10,12,19H,8-9,11H2,1-5H3/t19-/m0/s1. The van der Waals surface area contributed by atoms with Crippen LogP contribution in [-0.4, -0.2) is 48.5 Å². The van der Waals surface area contributed by atoms with Crippen LogP contribution in [0.5, 0.6) is 11.5 Å². The van der Waals surface area contributed by atoms with Crippen LogP contribution in [0.3, 0.4) is 0 Å². The molecule has 3 rings (SSSR count). The minimum Gasteiger partial charge on any atom is -0.493 e. The Balaban J connectivity index is 2.08. The van der Waals surface area contributed by atoms with Gasteiger partial charge in [-0.2, -0.15) is 0 Å². The number of amides is 1. The Morgan fingerprint density at radius 2 is 2.07 bits per heavy atom. The number of fused-ring (bicyclic) bond motifs is 1. The predicted molar refractivity (Wildman–Crippen MR) is 112 cm³/mol. The summed E-state index contributed by atoms with van der Waals surface area (Å²) in [5.74, 6) is 1.64. The summed E-state index contributed by atoms with van der Waals surface area (Å²) < 4.78 is 16.4. The number of thioether (sulfide) groups is 1. The van der Waals surface area contributed by atoms with E-state index in [1.54, 1.807) is 18.9 Å². The van der Waals surface area contributed by atoms with Crippen LogP contribution in [-0.2, 0) is 14.3 Å². The fraction of sp³-hybridized carbons (Fsp3) is 0.476. The number of hydrogen-bond acceptors (Lipinski definition) is 7. The number of allylic oxidation sites excluding steroid dienone is 1. The molecule has 29 heavy (non-hydrogen) atoms. The first-order valence-corrected chi connectivity index (χ1v) is 10.5. The number of rotatable bonds is 6. The molecular formula is C21H26N2O5S. The van der Waals surface area contributed by atoms with Gasteiger partial charge in [-0.3, -0.25) is 9.69 Å². The monoisotopic (exact) mass is 418 g/mol. The predicted octanol–water partition coefficient (Wildman–Crippen LogP) is 3.55. The molecule has 2 aliphatic rings. The molecule has 1 aromatic carbocycles. The van der Waals surface area contributed by atoms with Crippen LogP contribution >= 0.6 is 11.8 Å². The lowest BCUT2D eigenvalue weighted by Crippen LogP contribution is -2.45. The highest BCUT2D eigenvalue weighted by Crippen LogP contribution is 2.42. The van der Waals surface area contributed by atoms with E-state index in [1.807, 2.05) is 18.2 Å². The molecule has 7 nitrogen and oxygen atoms in total. The molecule has 156 valence electrons. The Hall–Kier alpha value is -2.48. The number of methoxy groups -OCH3 is 2. The van der Waals surface area contributed by atoms with Crippen LogP contribution in [0.25, 0.3) is 0 Å². The van der Waals surface area contributed by atoms with Crippen molar-refractivity contribution in [2.24, 2.45) is 10.9 Å². The summed E-state index contributed by atoms with van der Waals surface area (Å²) in [6.07, 6.45) is 0.389. The largest absolute Gasteiger partial charge is 0.493 e. The van der Waals surface area contributed by atoms with Gasteiger partial charge in [-0.05, 0) is 30.5 Å². The first-order chi connectivity index (χ1) is 13.9. The van der Waals surface area contributed by atoms with E-state index >= 15 is 0 Å². The Morgan fingerprint density at radius 1 is 1.31 bits per heavy atom. The number of benzene rings is 1. The number of amidine groups is 1. The molecule has 1 atom stereocenters. The quantitative estimate of drug-likeness (QED) is 0.658. The molecule has 0 unspecified atom stereocenters. The van der Waals surface area contributed by atoms with Crippen molar-refractivity contribution in [3.63, 3.8) is 0 Å². The average molecular weight is 419 g/mol. The van der Waals surface area contributed by atoms with Crippen molar-refractivity contribution in [2.75, 3.05) is 26.6 Å². The number of aliphatic imine (C=N–C) groups is 1. The van der Waals surface area contributed by atoms with Crippen molar-refractivity contribution in [1.82, 2.24) is 4.90 Å². The lowest BCUT2D eigenvalue weighted by molar-refractivity contribution is -0.137. The Bertz CT molecular complexity index is 878. The van der Waals surface area contributed by atoms with Gasteiger partial charge in [0.15, 0.2) is 16.7 Å². The maximum absolute atomic E-state index is 12.8. The van der Waals surface area contributed by atoms with Gasteiger partial charge in [-0.15, -0.1) is 0 Å². The highest BCUT2D eigenvalue weighted by Gasteiger charge is 2.41. The zero-order valence-corrected chi connectivity index (χ0v) is 18.2. The molecule has 0 spiro atoms. The molecule has 1 saturated heterocycles. The van der Waals surface area contributed by atoms with Gasteiger partial charge in [0, 0.05) is 12.2 Å². The summed E-state index contributed by atoms with van der Waals surface area (Å²) in [5, 5.41) is 0.607. The zero-order chi connectivity index (χ0) is 21.1. The number of carbonyl (C=O) groups excluding carboxylic acids is 2. The van der Waals surface area contributed by atoms with Crippen molar-refractivity contribution in [3.05, 3.63) is 35.0 Å². The fourth-order valence-electron chi connectivity index (χ4n) is 3.31. The van der Waals surface area contributed by atoms with Crippen molar-refractivity contribution in [3.8, 4) is 11.5 Å². The molecule has 1 aromatic rings. The molecule has 0 bridgehead atoms. The van der Waals surface area contributed by atoms with Crippen molar-refractivity contribution >= 4 is 28.8 Å². The maximum atomic E-state index is 12.8. The first-order valence-electron chi connectivity index (χ1n) is 9.50. The van der Waals surface area contributed by atoms with E-state index < -0.39 is 12.0 Å². The van der Waals surface area contributed by atoms with E-state index in [-0.39, 0.29) is 5.91 Å². The molecule has 0 N–H and O–H groups in total. The van der Waals surface area contributed by atoms with Crippen LogP contribution in [0.15, 0.2) is 34.5 Å². The number of hydrogen-bond donors (Lipinski definition) is 0. The van der Waals surface area contributed by atoms with E-state index in [4.69, 9.17) is 14.2 Å². The Labute approximate surface area is 175 Å². The normalized spacial score (nSPS) is 19.1.